The number of nitrogens with one attached hydrogen (secondary N) is 3. The minimum Gasteiger partial charge on any atom is -0.381 e. The first-order valence-corrected chi connectivity index (χ1v) is 15.6. The Balaban J connectivity index is 1.05. The van der Waals surface area contributed by atoms with E-state index in [0.717, 1.165) is 57.0 Å². The van der Waals surface area contributed by atoms with Crippen molar-refractivity contribution < 1.29 is 19.1 Å². The summed E-state index contributed by atoms with van der Waals surface area (Å²) in [5.41, 5.74) is 2.63. The Morgan fingerprint density at radius 1 is 0.773 bits per heavy atom. The molecule has 3 saturated heterocycles. The number of amides is 3. The van der Waals surface area contributed by atoms with Gasteiger partial charge in [-0.2, -0.15) is 9.97 Å². The van der Waals surface area contributed by atoms with E-state index >= 15 is 0 Å². The number of benzene rings is 2. The quantitative estimate of drug-likeness (QED) is 0.336. The second-order valence-electron chi connectivity index (χ2n) is 11.3. The minimum atomic E-state index is -0.378. The largest absolute Gasteiger partial charge is 0.381 e. The van der Waals surface area contributed by atoms with Crippen molar-refractivity contribution in [2.45, 2.75) is 31.6 Å². The van der Waals surface area contributed by atoms with Gasteiger partial charge >= 0.3 is 6.03 Å². The number of nitrogens with zero attached hydrogens (tertiary/aromatic N) is 5. The highest BCUT2D eigenvalue weighted by Crippen LogP contribution is 2.28. The average Bonchev–Trinajstić information content (AvgIpc) is 3.60. The van der Waals surface area contributed by atoms with Crippen LogP contribution in [-0.2, 0) is 9.47 Å². The van der Waals surface area contributed by atoms with Crippen molar-refractivity contribution in [2.24, 2.45) is 0 Å². The standard InChI is InChI=1S/C32H40N8O4/c41-30(33-13-16-39-14-1-2-15-39)25-5-9-27(10-6-25)35-32(42)34-26-7-3-23(4-8-26)28-36-29(24-11-19-43-20-12-24)38-31(37-28)40-17-21-44-22-18-40/h3-10,24H,1-2,11-22H2,(H,33,41)(H2,34,35,42). The van der Waals surface area contributed by atoms with Gasteiger partial charge in [0.1, 0.15) is 5.82 Å². The highest BCUT2D eigenvalue weighted by Gasteiger charge is 2.23. The first-order chi connectivity index (χ1) is 21.6. The maximum Gasteiger partial charge on any atom is 0.323 e. The van der Waals surface area contributed by atoms with Crippen molar-refractivity contribution in [1.82, 2.24) is 25.2 Å². The van der Waals surface area contributed by atoms with Crippen LogP contribution in [0.4, 0.5) is 22.1 Å². The zero-order valence-corrected chi connectivity index (χ0v) is 25.0. The summed E-state index contributed by atoms with van der Waals surface area (Å²) in [5.74, 6) is 2.20. The highest BCUT2D eigenvalue weighted by molar-refractivity contribution is 6.00. The molecule has 3 amide bonds. The molecule has 0 spiro atoms. The first-order valence-electron chi connectivity index (χ1n) is 15.6. The summed E-state index contributed by atoms with van der Waals surface area (Å²) in [6, 6.07) is 14.0. The first kappa shape index (κ1) is 29.9. The zero-order valence-electron chi connectivity index (χ0n) is 25.0. The van der Waals surface area contributed by atoms with Crippen molar-refractivity contribution in [1.29, 1.82) is 0 Å². The smallest absolute Gasteiger partial charge is 0.323 e. The van der Waals surface area contributed by atoms with Crippen LogP contribution >= 0.6 is 0 Å². The van der Waals surface area contributed by atoms with Crippen LogP contribution in [0.1, 0.15) is 47.8 Å². The number of carbonyl (C=O) groups is 2. The van der Waals surface area contributed by atoms with Gasteiger partial charge in [-0.1, -0.05) is 0 Å². The third-order valence-electron chi connectivity index (χ3n) is 8.24. The van der Waals surface area contributed by atoms with Crippen LogP contribution in [-0.4, -0.2) is 97.5 Å². The third-order valence-corrected chi connectivity index (χ3v) is 8.24. The molecule has 0 saturated carbocycles. The van der Waals surface area contributed by atoms with Gasteiger partial charge in [0.25, 0.3) is 5.91 Å². The van der Waals surface area contributed by atoms with E-state index in [1.165, 1.54) is 12.8 Å². The maximum atomic E-state index is 12.7. The average molecular weight is 601 g/mol. The Labute approximate surface area is 257 Å². The summed E-state index contributed by atoms with van der Waals surface area (Å²) >= 11 is 0. The number of morpholine rings is 1. The molecule has 2 aromatic carbocycles. The molecule has 0 radical (unpaired) electrons. The molecule has 12 heteroatoms. The number of likely N-dealkylation sites (tertiary alicyclic amines) is 1. The summed E-state index contributed by atoms with van der Waals surface area (Å²) in [6.45, 7) is 7.90. The molecule has 3 fully saturated rings. The van der Waals surface area contributed by atoms with Gasteiger partial charge in [0.15, 0.2) is 5.82 Å². The van der Waals surface area contributed by atoms with Gasteiger partial charge < -0.3 is 35.2 Å². The fraction of sp³-hybridized carbons (Fsp3) is 0.469. The van der Waals surface area contributed by atoms with Crippen molar-refractivity contribution in [3.8, 4) is 11.4 Å². The summed E-state index contributed by atoms with van der Waals surface area (Å²) in [5, 5.41) is 8.66. The molecule has 4 heterocycles. The lowest BCUT2D eigenvalue weighted by Gasteiger charge is -2.28. The van der Waals surface area contributed by atoms with Crippen LogP contribution in [0.25, 0.3) is 11.4 Å². The second kappa shape index (κ2) is 14.6. The summed E-state index contributed by atoms with van der Waals surface area (Å²) in [7, 11) is 0. The fourth-order valence-corrected chi connectivity index (χ4v) is 5.69. The molecule has 3 N–H and O–H groups in total. The molecule has 12 nitrogen and oxygen atoms in total. The van der Waals surface area contributed by atoms with Crippen LogP contribution in [0.2, 0.25) is 0 Å². The Morgan fingerprint density at radius 2 is 1.41 bits per heavy atom. The summed E-state index contributed by atoms with van der Waals surface area (Å²) < 4.78 is 11.1. The molecule has 6 rings (SSSR count). The molecule has 1 aromatic heterocycles. The molecular formula is C32H40N8O4. The number of carbonyl (C=O) groups excluding carboxylic acids is 2. The van der Waals surface area contributed by atoms with Gasteiger partial charge in [0, 0.05) is 67.8 Å². The fourth-order valence-electron chi connectivity index (χ4n) is 5.69. The lowest BCUT2D eigenvalue weighted by atomic mass is 9.99. The Morgan fingerprint density at radius 3 is 2.09 bits per heavy atom. The summed E-state index contributed by atoms with van der Waals surface area (Å²) in [6.07, 6.45) is 4.24. The minimum absolute atomic E-state index is 0.115. The van der Waals surface area contributed by atoms with Crippen LogP contribution in [0.15, 0.2) is 48.5 Å². The van der Waals surface area contributed by atoms with E-state index in [9.17, 15) is 9.59 Å². The van der Waals surface area contributed by atoms with Crippen LogP contribution < -0.4 is 20.9 Å². The van der Waals surface area contributed by atoms with Crippen LogP contribution in [0.3, 0.4) is 0 Å². The predicted octanol–water partition coefficient (Wildman–Crippen LogP) is 3.74. The summed E-state index contributed by atoms with van der Waals surface area (Å²) in [4.78, 5) is 44.2. The maximum absolute atomic E-state index is 12.7. The SMILES string of the molecule is O=C(Nc1ccc(C(=O)NCCN2CCCC2)cc1)Nc1ccc(-c2nc(C3CCOCC3)nc(N3CCOCC3)n2)cc1. The second-order valence-corrected chi connectivity index (χ2v) is 11.3. The molecule has 0 atom stereocenters. The Hall–Kier alpha value is -4.13. The Bertz CT molecular complexity index is 1360. The van der Waals surface area contributed by atoms with Gasteiger partial charge in [-0.15, -0.1) is 0 Å². The molecule has 0 bridgehead atoms. The van der Waals surface area contributed by atoms with Crippen molar-refractivity contribution in [2.75, 3.05) is 81.2 Å². The van der Waals surface area contributed by atoms with Crippen molar-refractivity contribution in [3.05, 3.63) is 59.9 Å². The van der Waals surface area contributed by atoms with E-state index in [4.69, 9.17) is 24.4 Å². The van der Waals surface area contributed by atoms with Crippen molar-refractivity contribution in [3.63, 3.8) is 0 Å². The van der Waals surface area contributed by atoms with Gasteiger partial charge in [-0.05, 0) is 87.3 Å². The monoisotopic (exact) mass is 600 g/mol. The molecular weight excluding hydrogens is 560 g/mol. The molecule has 44 heavy (non-hydrogen) atoms. The van der Waals surface area contributed by atoms with E-state index in [1.54, 1.807) is 24.3 Å². The Kier molecular flexibility index (Phi) is 9.90. The highest BCUT2D eigenvalue weighted by atomic mass is 16.5. The molecule has 232 valence electrons. The molecule has 0 unspecified atom stereocenters. The van der Waals surface area contributed by atoms with E-state index in [2.05, 4.69) is 25.8 Å². The van der Waals surface area contributed by atoms with Crippen LogP contribution in [0.5, 0.6) is 0 Å². The molecule has 3 aliphatic rings. The number of rotatable bonds is 9. The number of aromatic nitrogens is 3. The van der Waals surface area contributed by atoms with Gasteiger partial charge in [0.05, 0.1) is 13.2 Å². The lowest BCUT2D eigenvalue weighted by molar-refractivity contribution is 0.0835. The zero-order chi connectivity index (χ0) is 30.1. The number of urea groups is 1. The van der Waals surface area contributed by atoms with Gasteiger partial charge in [-0.3, -0.25) is 4.79 Å². The van der Waals surface area contributed by atoms with Crippen molar-refractivity contribution >= 4 is 29.3 Å². The molecule has 0 aliphatic carbocycles. The van der Waals surface area contributed by atoms with Crippen LogP contribution in [0, 0.1) is 0 Å². The topological polar surface area (TPSA) is 134 Å². The molecule has 3 aliphatic heterocycles. The number of hydrogen-bond acceptors (Lipinski definition) is 9. The van der Waals surface area contributed by atoms with E-state index < -0.39 is 0 Å². The lowest BCUT2D eigenvalue weighted by Crippen LogP contribution is -2.37. The predicted molar refractivity (Wildman–Crippen MR) is 168 cm³/mol. The van der Waals surface area contributed by atoms with E-state index in [-0.39, 0.29) is 17.9 Å². The molecule has 3 aromatic rings. The normalized spacial score (nSPS) is 17.8. The van der Waals surface area contributed by atoms with E-state index in [0.29, 0.717) is 61.7 Å². The number of ether oxygens (including phenoxy) is 2. The van der Waals surface area contributed by atoms with Gasteiger partial charge in [0.2, 0.25) is 5.95 Å². The number of anilines is 3. The number of hydrogen-bond donors (Lipinski definition) is 3. The third kappa shape index (κ3) is 7.87. The van der Waals surface area contributed by atoms with E-state index in [1.807, 2.05) is 24.3 Å². The van der Waals surface area contributed by atoms with Gasteiger partial charge in [-0.25, -0.2) is 9.78 Å².